The van der Waals surface area contributed by atoms with Crippen LogP contribution in [0.4, 0.5) is 10.1 Å². The molecule has 0 radical (unpaired) electrons. The molecular weight excluding hydrogens is 373 g/mol. The highest BCUT2D eigenvalue weighted by molar-refractivity contribution is 6.31. The van der Waals surface area contributed by atoms with Crippen LogP contribution in [0.5, 0.6) is 0 Å². The quantitative estimate of drug-likeness (QED) is 0.691. The van der Waals surface area contributed by atoms with Gasteiger partial charge < -0.3 is 14.2 Å². The van der Waals surface area contributed by atoms with Crippen LogP contribution in [0.2, 0.25) is 5.02 Å². The molecule has 1 saturated heterocycles. The maximum atomic E-state index is 13.1. The molecule has 8 heteroatoms. The highest BCUT2D eigenvalue weighted by Gasteiger charge is 2.23. The maximum Gasteiger partial charge on any atom is 0.420 e. The van der Waals surface area contributed by atoms with Crippen molar-refractivity contribution in [2.75, 3.05) is 31.1 Å². The van der Waals surface area contributed by atoms with Gasteiger partial charge in [-0.1, -0.05) is 11.6 Å². The van der Waals surface area contributed by atoms with Gasteiger partial charge in [0.05, 0.1) is 5.52 Å². The number of anilines is 1. The van der Waals surface area contributed by atoms with E-state index in [4.69, 9.17) is 16.0 Å². The summed E-state index contributed by atoms with van der Waals surface area (Å²) in [7, 11) is 0. The summed E-state index contributed by atoms with van der Waals surface area (Å²) in [5.41, 5.74) is 1.83. The van der Waals surface area contributed by atoms with Gasteiger partial charge in [0.1, 0.15) is 12.4 Å². The molecule has 0 saturated carbocycles. The lowest BCUT2D eigenvalue weighted by atomic mass is 10.2. The zero-order valence-corrected chi connectivity index (χ0v) is 15.2. The summed E-state index contributed by atoms with van der Waals surface area (Å²) in [6.07, 6.45) is 0. The Morgan fingerprint density at radius 2 is 1.78 bits per heavy atom. The highest BCUT2D eigenvalue weighted by atomic mass is 35.5. The van der Waals surface area contributed by atoms with Gasteiger partial charge in [0.15, 0.2) is 5.58 Å². The molecule has 27 heavy (non-hydrogen) atoms. The van der Waals surface area contributed by atoms with Crippen molar-refractivity contribution < 1.29 is 13.6 Å². The fourth-order valence-electron chi connectivity index (χ4n) is 3.29. The van der Waals surface area contributed by atoms with Gasteiger partial charge in [-0.2, -0.15) is 0 Å². The number of carbonyl (C=O) groups excluding carboxylic acids is 1. The van der Waals surface area contributed by atoms with Crippen LogP contribution < -0.4 is 10.7 Å². The van der Waals surface area contributed by atoms with Crippen molar-refractivity contribution >= 4 is 34.3 Å². The molecule has 1 fully saturated rings. The van der Waals surface area contributed by atoms with E-state index in [2.05, 4.69) is 4.90 Å². The number of piperazine rings is 1. The zero-order chi connectivity index (χ0) is 19.0. The normalized spacial score (nSPS) is 14.7. The van der Waals surface area contributed by atoms with Gasteiger partial charge in [-0.15, -0.1) is 0 Å². The van der Waals surface area contributed by atoms with Gasteiger partial charge in [0.25, 0.3) is 0 Å². The minimum absolute atomic E-state index is 0.0794. The molecule has 0 aliphatic carbocycles. The van der Waals surface area contributed by atoms with E-state index < -0.39 is 5.76 Å². The minimum Gasteiger partial charge on any atom is -0.408 e. The van der Waals surface area contributed by atoms with Crippen molar-refractivity contribution in [1.82, 2.24) is 9.47 Å². The second kappa shape index (κ2) is 7.08. The van der Waals surface area contributed by atoms with Crippen molar-refractivity contribution in [1.29, 1.82) is 0 Å². The summed E-state index contributed by atoms with van der Waals surface area (Å²) in [5.74, 6) is -0.995. The molecule has 4 rings (SSSR count). The number of nitrogens with zero attached hydrogens (tertiary/aromatic N) is 3. The van der Waals surface area contributed by atoms with Crippen LogP contribution in [-0.4, -0.2) is 41.6 Å². The molecule has 0 atom stereocenters. The van der Waals surface area contributed by atoms with Gasteiger partial charge >= 0.3 is 5.76 Å². The number of benzene rings is 2. The number of amides is 1. The van der Waals surface area contributed by atoms with Gasteiger partial charge in [-0.05, 0) is 36.4 Å². The molecule has 2 aromatic carbocycles. The summed E-state index contributed by atoms with van der Waals surface area (Å²) in [6, 6.07) is 11.2. The van der Waals surface area contributed by atoms with Gasteiger partial charge in [0, 0.05) is 43.0 Å². The number of oxazole rings is 1. The second-order valence-corrected chi connectivity index (χ2v) is 6.85. The molecule has 0 unspecified atom stereocenters. The third-order valence-corrected chi connectivity index (χ3v) is 4.98. The van der Waals surface area contributed by atoms with Gasteiger partial charge in [0.2, 0.25) is 5.91 Å². The molecule has 2 heterocycles. The molecular formula is C19H17ClFN3O3. The van der Waals surface area contributed by atoms with Gasteiger partial charge in [-0.25, -0.2) is 9.18 Å². The number of hydrogen-bond acceptors (Lipinski definition) is 4. The Kier molecular flexibility index (Phi) is 4.61. The number of rotatable bonds is 3. The Morgan fingerprint density at radius 3 is 2.48 bits per heavy atom. The first-order chi connectivity index (χ1) is 13.0. The van der Waals surface area contributed by atoms with Crippen LogP contribution in [-0.2, 0) is 11.3 Å². The molecule has 140 valence electrons. The Labute approximate surface area is 159 Å². The van der Waals surface area contributed by atoms with Gasteiger partial charge in [-0.3, -0.25) is 9.36 Å². The topological polar surface area (TPSA) is 58.7 Å². The van der Waals surface area contributed by atoms with Crippen LogP contribution in [0.3, 0.4) is 0 Å². The van der Waals surface area contributed by atoms with Crippen molar-refractivity contribution in [2.24, 2.45) is 0 Å². The predicted molar refractivity (Wildman–Crippen MR) is 101 cm³/mol. The molecule has 1 aromatic heterocycles. The molecule has 0 spiro atoms. The van der Waals surface area contributed by atoms with E-state index in [0.717, 1.165) is 5.69 Å². The van der Waals surface area contributed by atoms with E-state index in [9.17, 15) is 14.0 Å². The first-order valence-electron chi connectivity index (χ1n) is 8.58. The summed E-state index contributed by atoms with van der Waals surface area (Å²) in [4.78, 5) is 28.5. The lowest BCUT2D eigenvalue weighted by Gasteiger charge is -2.36. The van der Waals surface area contributed by atoms with Crippen LogP contribution in [0.1, 0.15) is 0 Å². The van der Waals surface area contributed by atoms with Crippen LogP contribution in [0, 0.1) is 5.82 Å². The van der Waals surface area contributed by atoms with Crippen molar-refractivity contribution in [3.8, 4) is 0 Å². The number of hydrogen-bond donors (Lipinski definition) is 0. The van der Waals surface area contributed by atoms with Crippen LogP contribution in [0.15, 0.2) is 51.7 Å². The van der Waals surface area contributed by atoms with Crippen molar-refractivity contribution in [3.05, 3.63) is 63.9 Å². The van der Waals surface area contributed by atoms with Crippen molar-refractivity contribution in [3.63, 3.8) is 0 Å². The second-order valence-electron chi connectivity index (χ2n) is 6.41. The molecule has 1 aliphatic heterocycles. The Bertz CT molecular complexity index is 1040. The van der Waals surface area contributed by atoms with Crippen LogP contribution >= 0.6 is 11.6 Å². The summed E-state index contributed by atoms with van der Waals surface area (Å²) in [6.45, 7) is 2.28. The molecule has 0 bridgehead atoms. The summed E-state index contributed by atoms with van der Waals surface area (Å²) >= 11 is 5.91. The Balaban J connectivity index is 1.44. The number of halogens is 2. The van der Waals surface area contributed by atoms with Crippen LogP contribution in [0.25, 0.3) is 11.1 Å². The molecule has 0 N–H and O–H groups in total. The highest BCUT2D eigenvalue weighted by Crippen LogP contribution is 2.19. The molecule has 3 aromatic rings. The number of carbonyl (C=O) groups is 1. The fourth-order valence-corrected chi connectivity index (χ4v) is 3.45. The average Bonchev–Trinajstić information content (AvgIpc) is 2.97. The van der Waals surface area contributed by atoms with E-state index in [-0.39, 0.29) is 18.3 Å². The van der Waals surface area contributed by atoms with E-state index in [1.807, 2.05) is 0 Å². The van der Waals surface area contributed by atoms with E-state index in [0.29, 0.717) is 42.3 Å². The minimum atomic E-state index is -0.578. The summed E-state index contributed by atoms with van der Waals surface area (Å²) in [5, 5.41) is 0.464. The first kappa shape index (κ1) is 17.6. The summed E-state index contributed by atoms with van der Waals surface area (Å²) < 4.78 is 19.5. The SMILES string of the molecule is O=C(Cn1c(=O)oc2cc(Cl)ccc21)N1CCN(c2ccc(F)cc2)CC1. The molecule has 1 aliphatic rings. The lowest BCUT2D eigenvalue weighted by molar-refractivity contribution is -0.132. The average molecular weight is 390 g/mol. The molecule has 6 nitrogen and oxygen atoms in total. The van der Waals surface area contributed by atoms with E-state index in [1.54, 1.807) is 35.2 Å². The number of fused-ring (bicyclic) bond motifs is 1. The largest absolute Gasteiger partial charge is 0.420 e. The Hall–Kier alpha value is -2.80. The monoisotopic (exact) mass is 389 g/mol. The standard InChI is InChI=1S/C19H17ClFN3O3/c20-13-1-6-16-17(11-13)27-19(26)24(16)12-18(25)23-9-7-22(8-10-23)15-4-2-14(21)3-5-15/h1-6,11H,7-10,12H2. The maximum absolute atomic E-state index is 13.1. The first-order valence-corrected chi connectivity index (χ1v) is 8.96. The third kappa shape index (κ3) is 3.55. The molecule has 1 amide bonds. The fraction of sp³-hybridized carbons (Fsp3) is 0.263. The smallest absolute Gasteiger partial charge is 0.408 e. The third-order valence-electron chi connectivity index (χ3n) is 4.75. The lowest BCUT2D eigenvalue weighted by Crippen LogP contribution is -2.50. The van der Waals surface area contributed by atoms with E-state index >= 15 is 0 Å². The number of aromatic nitrogens is 1. The van der Waals surface area contributed by atoms with E-state index in [1.165, 1.54) is 16.7 Å². The zero-order valence-electron chi connectivity index (χ0n) is 14.4. The van der Waals surface area contributed by atoms with Crippen molar-refractivity contribution in [2.45, 2.75) is 6.54 Å². The predicted octanol–water partition coefficient (Wildman–Crippen LogP) is 2.74. The Morgan fingerprint density at radius 1 is 1.07 bits per heavy atom.